The molecule has 9 nitrogen and oxygen atoms in total. The van der Waals surface area contributed by atoms with Gasteiger partial charge < -0.3 is 24.6 Å². The maximum absolute atomic E-state index is 14.8. The zero-order valence-electron chi connectivity index (χ0n) is 16.3. The highest BCUT2D eigenvalue weighted by Gasteiger charge is 2.56. The number of piperazine rings is 1. The zero-order valence-corrected chi connectivity index (χ0v) is 16.3. The van der Waals surface area contributed by atoms with E-state index in [-0.39, 0.29) is 43.6 Å². The smallest absolute Gasteiger partial charge is 0.414 e. The fourth-order valence-electron chi connectivity index (χ4n) is 4.06. The molecule has 3 unspecified atom stereocenters. The normalized spacial score (nSPS) is 25.1. The van der Waals surface area contributed by atoms with Crippen LogP contribution in [0.4, 0.5) is 20.6 Å². The number of carbonyl (C=O) groups excluding carboxylic acids is 3. The van der Waals surface area contributed by atoms with Crippen LogP contribution in [0.25, 0.3) is 0 Å². The summed E-state index contributed by atoms with van der Waals surface area (Å²) in [6, 6.07) is 4.83. The molecule has 1 N–H and O–H groups in total. The largest absolute Gasteiger partial charge is 0.442 e. The van der Waals surface area contributed by atoms with Gasteiger partial charge in [-0.25, -0.2) is 9.18 Å². The van der Waals surface area contributed by atoms with E-state index in [1.165, 1.54) is 25.0 Å². The standard InChI is InChI=1S/C19H23FN4O5/c1-11(25)21-6-13-7-23(19(27)29-13)12-3-4-15(14(20)5-12)22-8-16-17(9-22)24(16)18(26)10-28-2/h3-5,13,16-17H,6-10H2,1-2H3,(H,21,25). The summed E-state index contributed by atoms with van der Waals surface area (Å²) in [7, 11) is 1.48. The van der Waals surface area contributed by atoms with Crippen LogP contribution >= 0.6 is 0 Å². The summed E-state index contributed by atoms with van der Waals surface area (Å²) in [6.45, 7) is 3.04. The van der Waals surface area contributed by atoms with E-state index in [1.807, 2.05) is 4.90 Å². The first kappa shape index (κ1) is 19.4. The Labute approximate surface area is 167 Å². The second-order valence-electron chi connectivity index (χ2n) is 7.46. The second kappa shape index (κ2) is 7.51. The van der Waals surface area contributed by atoms with Gasteiger partial charge in [-0.05, 0) is 18.2 Å². The number of amides is 3. The molecule has 3 aliphatic heterocycles. The van der Waals surface area contributed by atoms with E-state index in [9.17, 15) is 18.8 Å². The Morgan fingerprint density at radius 1 is 1.28 bits per heavy atom. The third-order valence-electron chi connectivity index (χ3n) is 5.48. The average Bonchev–Trinajstić information content (AvgIpc) is 2.99. The van der Waals surface area contributed by atoms with Crippen molar-refractivity contribution in [2.24, 2.45) is 0 Å². The molecule has 10 heteroatoms. The van der Waals surface area contributed by atoms with Crippen molar-refractivity contribution in [3.05, 3.63) is 24.0 Å². The van der Waals surface area contributed by atoms with Crippen LogP contribution in [-0.2, 0) is 19.1 Å². The minimum atomic E-state index is -0.567. The second-order valence-corrected chi connectivity index (χ2v) is 7.46. The van der Waals surface area contributed by atoms with Crippen LogP contribution in [0.3, 0.4) is 0 Å². The van der Waals surface area contributed by atoms with Gasteiger partial charge in [0.1, 0.15) is 18.5 Å². The van der Waals surface area contributed by atoms with Gasteiger partial charge in [-0.2, -0.15) is 0 Å². The van der Waals surface area contributed by atoms with E-state index in [0.29, 0.717) is 24.5 Å². The fourth-order valence-corrected chi connectivity index (χ4v) is 4.06. The Morgan fingerprint density at radius 3 is 2.62 bits per heavy atom. The number of nitrogens with zero attached hydrogens (tertiary/aromatic N) is 3. The van der Waals surface area contributed by atoms with Gasteiger partial charge in [0.2, 0.25) is 11.8 Å². The number of rotatable bonds is 6. The lowest BCUT2D eigenvalue weighted by Crippen LogP contribution is -2.34. The van der Waals surface area contributed by atoms with E-state index in [1.54, 1.807) is 17.0 Å². The van der Waals surface area contributed by atoms with Gasteiger partial charge in [0, 0.05) is 27.1 Å². The van der Waals surface area contributed by atoms with Crippen LogP contribution in [0.15, 0.2) is 18.2 Å². The molecular formula is C19H23FN4O5. The first-order chi connectivity index (χ1) is 13.9. The number of cyclic esters (lactones) is 1. The van der Waals surface area contributed by atoms with Gasteiger partial charge >= 0.3 is 6.09 Å². The topological polar surface area (TPSA) is 91.2 Å². The maximum atomic E-state index is 14.8. The number of hydrogen-bond acceptors (Lipinski definition) is 6. The van der Waals surface area contributed by atoms with Crippen molar-refractivity contribution < 1.29 is 28.2 Å². The third kappa shape index (κ3) is 3.71. The highest BCUT2D eigenvalue weighted by molar-refractivity contribution is 5.90. The summed E-state index contributed by atoms with van der Waals surface area (Å²) in [5, 5.41) is 2.61. The highest BCUT2D eigenvalue weighted by atomic mass is 19.1. The number of hydrogen-bond donors (Lipinski definition) is 1. The molecule has 1 aromatic rings. The molecule has 3 fully saturated rings. The van der Waals surface area contributed by atoms with Crippen LogP contribution in [0.2, 0.25) is 0 Å². The zero-order chi connectivity index (χ0) is 20.7. The summed E-state index contributed by atoms with van der Waals surface area (Å²) in [5.41, 5.74) is 0.852. The summed E-state index contributed by atoms with van der Waals surface area (Å²) in [6.07, 6.45) is -1.04. The third-order valence-corrected chi connectivity index (χ3v) is 5.48. The summed E-state index contributed by atoms with van der Waals surface area (Å²) in [4.78, 5) is 40.0. The number of anilines is 2. The lowest BCUT2D eigenvalue weighted by Gasteiger charge is -2.24. The number of carbonyl (C=O) groups is 3. The first-order valence-corrected chi connectivity index (χ1v) is 9.46. The summed E-state index contributed by atoms with van der Waals surface area (Å²) < 4.78 is 24.9. The Balaban J connectivity index is 1.38. The number of fused-ring (bicyclic) bond motifs is 1. The summed E-state index contributed by atoms with van der Waals surface area (Å²) in [5.74, 6) is -0.683. The van der Waals surface area contributed by atoms with Gasteiger partial charge in [0.05, 0.1) is 36.5 Å². The Kier molecular flexibility index (Phi) is 5.03. The number of methoxy groups -OCH3 is 1. The Morgan fingerprint density at radius 2 is 2.00 bits per heavy atom. The van der Waals surface area contributed by atoms with Crippen molar-refractivity contribution >= 4 is 29.3 Å². The molecule has 3 amide bonds. The predicted molar refractivity (Wildman–Crippen MR) is 101 cm³/mol. The maximum Gasteiger partial charge on any atom is 0.414 e. The average molecular weight is 406 g/mol. The van der Waals surface area contributed by atoms with Crippen molar-refractivity contribution in [1.82, 2.24) is 10.2 Å². The minimum Gasteiger partial charge on any atom is -0.442 e. The van der Waals surface area contributed by atoms with Crippen molar-refractivity contribution in [1.29, 1.82) is 0 Å². The van der Waals surface area contributed by atoms with Crippen LogP contribution in [-0.4, -0.2) is 80.9 Å². The molecule has 3 heterocycles. The van der Waals surface area contributed by atoms with Crippen LogP contribution in [0.5, 0.6) is 0 Å². The highest BCUT2D eigenvalue weighted by Crippen LogP contribution is 2.39. The number of ether oxygens (including phenoxy) is 2. The van der Waals surface area contributed by atoms with Crippen molar-refractivity contribution in [2.45, 2.75) is 25.1 Å². The molecule has 156 valence electrons. The number of nitrogens with one attached hydrogen (secondary N) is 1. The number of benzene rings is 1. The lowest BCUT2D eigenvalue weighted by molar-refractivity contribution is -0.130. The summed E-state index contributed by atoms with van der Waals surface area (Å²) >= 11 is 0. The molecule has 0 bridgehead atoms. The van der Waals surface area contributed by atoms with E-state index < -0.39 is 18.0 Å². The van der Waals surface area contributed by atoms with E-state index >= 15 is 0 Å². The molecular weight excluding hydrogens is 383 g/mol. The van der Waals surface area contributed by atoms with Crippen molar-refractivity contribution in [3.8, 4) is 0 Å². The van der Waals surface area contributed by atoms with Gasteiger partial charge in [0.25, 0.3) is 0 Å². The van der Waals surface area contributed by atoms with Crippen molar-refractivity contribution in [2.75, 3.05) is 49.7 Å². The molecule has 0 spiro atoms. The van der Waals surface area contributed by atoms with E-state index in [2.05, 4.69) is 5.32 Å². The van der Waals surface area contributed by atoms with E-state index in [0.717, 1.165) is 0 Å². The van der Waals surface area contributed by atoms with E-state index in [4.69, 9.17) is 9.47 Å². The molecule has 4 rings (SSSR count). The number of halogens is 1. The van der Waals surface area contributed by atoms with Gasteiger partial charge in [0.15, 0.2) is 0 Å². The van der Waals surface area contributed by atoms with Gasteiger partial charge in [-0.15, -0.1) is 0 Å². The Bertz CT molecular complexity index is 838. The van der Waals surface area contributed by atoms with Gasteiger partial charge in [-0.3, -0.25) is 14.5 Å². The molecule has 0 saturated carbocycles. The minimum absolute atomic E-state index is 0.0423. The molecule has 29 heavy (non-hydrogen) atoms. The molecule has 1 aromatic carbocycles. The van der Waals surface area contributed by atoms with Crippen LogP contribution in [0, 0.1) is 5.82 Å². The molecule has 3 aliphatic rings. The first-order valence-electron chi connectivity index (χ1n) is 9.46. The molecule has 3 atom stereocenters. The fraction of sp³-hybridized carbons (Fsp3) is 0.526. The van der Waals surface area contributed by atoms with Crippen LogP contribution in [0.1, 0.15) is 6.92 Å². The van der Waals surface area contributed by atoms with Crippen molar-refractivity contribution in [3.63, 3.8) is 0 Å². The molecule has 0 aromatic heterocycles. The molecule has 0 aliphatic carbocycles. The quantitative estimate of drug-likeness (QED) is 0.685. The molecule has 3 saturated heterocycles. The lowest BCUT2D eigenvalue weighted by atomic mass is 10.2. The predicted octanol–water partition coefficient (Wildman–Crippen LogP) is 0.333. The van der Waals surface area contributed by atoms with Gasteiger partial charge in [-0.1, -0.05) is 0 Å². The van der Waals surface area contributed by atoms with Crippen LogP contribution < -0.4 is 15.1 Å². The molecule has 0 radical (unpaired) electrons. The SMILES string of the molecule is COCC(=O)N1C2CN(c3ccc(N4CC(CNC(C)=O)OC4=O)cc3F)CC21. The Hall–Kier alpha value is -2.88. The monoisotopic (exact) mass is 406 g/mol.